The first-order valence-electron chi connectivity index (χ1n) is 3.77. The molecular formula is C8H11N3O. The van der Waals surface area contributed by atoms with E-state index in [1.165, 1.54) is 6.08 Å². The molecule has 0 saturated heterocycles. The van der Waals surface area contributed by atoms with Gasteiger partial charge in [-0.25, -0.2) is 4.98 Å². The van der Waals surface area contributed by atoms with Gasteiger partial charge in [0.25, 0.3) is 0 Å². The molecule has 0 unspecified atom stereocenters. The van der Waals surface area contributed by atoms with Gasteiger partial charge in [0.05, 0.1) is 18.2 Å². The van der Waals surface area contributed by atoms with Gasteiger partial charge in [-0.1, -0.05) is 0 Å². The van der Waals surface area contributed by atoms with Gasteiger partial charge in [-0.3, -0.25) is 4.79 Å². The lowest BCUT2D eigenvalue weighted by Crippen LogP contribution is -2.19. The zero-order valence-corrected chi connectivity index (χ0v) is 6.87. The SMILES string of the molecule is CCNC(=O)C=Cc1cnc[nH]1. The van der Waals surface area contributed by atoms with Gasteiger partial charge >= 0.3 is 0 Å². The second-order valence-electron chi connectivity index (χ2n) is 2.23. The molecule has 1 amide bonds. The van der Waals surface area contributed by atoms with Crippen LogP contribution < -0.4 is 5.32 Å². The maximum atomic E-state index is 10.9. The molecule has 1 rings (SSSR count). The van der Waals surface area contributed by atoms with E-state index in [2.05, 4.69) is 15.3 Å². The van der Waals surface area contributed by atoms with Gasteiger partial charge < -0.3 is 10.3 Å². The minimum Gasteiger partial charge on any atom is -0.353 e. The Morgan fingerprint density at radius 2 is 2.67 bits per heavy atom. The first kappa shape index (κ1) is 8.52. The Kier molecular flexibility index (Phi) is 3.07. The fourth-order valence-electron chi connectivity index (χ4n) is 0.756. The van der Waals surface area contributed by atoms with Crippen LogP contribution >= 0.6 is 0 Å². The van der Waals surface area contributed by atoms with Gasteiger partial charge in [-0.15, -0.1) is 0 Å². The number of H-pyrrole nitrogens is 1. The predicted octanol–water partition coefficient (Wildman–Crippen LogP) is 0.559. The predicted molar refractivity (Wildman–Crippen MR) is 46.3 cm³/mol. The summed E-state index contributed by atoms with van der Waals surface area (Å²) in [7, 11) is 0. The Hall–Kier alpha value is -1.58. The molecule has 0 aliphatic rings. The van der Waals surface area contributed by atoms with Crippen LogP contribution in [-0.2, 0) is 4.79 Å². The third-order valence-electron chi connectivity index (χ3n) is 1.28. The third kappa shape index (κ3) is 2.57. The molecule has 0 radical (unpaired) electrons. The van der Waals surface area contributed by atoms with Crippen LogP contribution in [0.25, 0.3) is 6.08 Å². The lowest BCUT2D eigenvalue weighted by molar-refractivity contribution is -0.116. The van der Waals surface area contributed by atoms with Gasteiger partial charge in [0, 0.05) is 12.6 Å². The van der Waals surface area contributed by atoms with Crippen LogP contribution in [0.5, 0.6) is 0 Å². The fraction of sp³-hybridized carbons (Fsp3) is 0.250. The maximum absolute atomic E-state index is 10.9. The largest absolute Gasteiger partial charge is 0.353 e. The van der Waals surface area contributed by atoms with Crippen LogP contribution in [0.15, 0.2) is 18.6 Å². The number of hydrogen-bond acceptors (Lipinski definition) is 2. The molecular weight excluding hydrogens is 154 g/mol. The third-order valence-corrected chi connectivity index (χ3v) is 1.28. The van der Waals surface area contributed by atoms with Gasteiger partial charge in [0.1, 0.15) is 0 Å². The number of carbonyl (C=O) groups is 1. The van der Waals surface area contributed by atoms with Gasteiger partial charge in [0.2, 0.25) is 5.91 Å². The molecule has 0 spiro atoms. The zero-order chi connectivity index (χ0) is 8.81. The highest BCUT2D eigenvalue weighted by atomic mass is 16.1. The Morgan fingerprint density at radius 3 is 3.25 bits per heavy atom. The molecule has 1 heterocycles. The molecule has 0 aliphatic carbocycles. The van der Waals surface area contributed by atoms with Crippen LogP contribution in [0.1, 0.15) is 12.6 Å². The molecule has 12 heavy (non-hydrogen) atoms. The van der Waals surface area contributed by atoms with Crippen LogP contribution in [0.3, 0.4) is 0 Å². The number of likely N-dealkylation sites (N-methyl/N-ethyl adjacent to an activating group) is 1. The molecule has 0 aliphatic heterocycles. The Morgan fingerprint density at radius 1 is 1.83 bits per heavy atom. The molecule has 2 N–H and O–H groups in total. The first-order valence-corrected chi connectivity index (χ1v) is 3.77. The molecule has 0 saturated carbocycles. The topological polar surface area (TPSA) is 57.8 Å². The van der Waals surface area contributed by atoms with Crippen molar-refractivity contribution in [2.45, 2.75) is 6.92 Å². The monoisotopic (exact) mass is 165 g/mol. The van der Waals surface area contributed by atoms with E-state index in [1.54, 1.807) is 18.6 Å². The Balaban J connectivity index is 2.45. The second-order valence-corrected chi connectivity index (χ2v) is 2.23. The molecule has 0 bridgehead atoms. The average Bonchev–Trinajstić information content (AvgIpc) is 2.53. The van der Waals surface area contributed by atoms with Crippen molar-refractivity contribution >= 4 is 12.0 Å². The Bertz CT molecular complexity index is 264. The Labute approximate surface area is 70.7 Å². The van der Waals surface area contributed by atoms with Crippen LogP contribution in [0.2, 0.25) is 0 Å². The number of rotatable bonds is 3. The highest BCUT2D eigenvalue weighted by Gasteiger charge is 1.91. The van der Waals surface area contributed by atoms with E-state index in [0.717, 1.165) is 5.69 Å². The average molecular weight is 165 g/mol. The highest BCUT2D eigenvalue weighted by molar-refractivity contribution is 5.91. The molecule has 0 aromatic carbocycles. The van der Waals surface area contributed by atoms with Crippen molar-refractivity contribution in [3.05, 3.63) is 24.3 Å². The van der Waals surface area contributed by atoms with E-state index < -0.39 is 0 Å². The number of nitrogens with zero attached hydrogens (tertiary/aromatic N) is 1. The van der Waals surface area contributed by atoms with Gasteiger partial charge in [-0.05, 0) is 13.0 Å². The summed E-state index contributed by atoms with van der Waals surface area (Å²) in [4.78, 5) is 17.6. The number of amides is 1. The minimum atomic E-state index is -0.0906. The van der Waals surface area contributed by atoms with Crippen molar-refractivity contribution in [1.82, 2.24) is 15.3 Å². The molecule has 0 atom stereocenters. The normalized spacial score (nSPS) is 10.4. The summed E-state index contributed by atoms with van der Waals surface area (Å²) in [5.74, 6) is -0.0906. The minimum absolute atomic E-state index is 0.0906. The number of imidazole rings is 1. The fourth-order valence-corrected chi connectivity index (χ4v) is 0.756. The zero-order valence-electron chi connectivity index (χ0n) is 6.87. The van der Waals surface area contributed by atoms with E-state index in [0.29, 0.717) is 6.54 Å². The lowest BCUT2D eigenvalue weighted by atomic mass is 10.4. The van der Waals surface area contributed by atoms with E-state index in [-0.39, 0.29) is 5.91 Å². The molecule has 4 nitrogen and oxygen atoms in total. The molecule has 4 heteroatoms. The number of nitrogens with one attached hydrogen (secondary N) is 2. The molecule has 1 aromatic rings. The van der Waals surface area contributed by atoms with E-state index in [1.807, 2.05) is 6.92 Å². The van der Waals surface area contributed by atoms with E-state index in [4.69, 9.17) is 0 Å². The first-order chi connectivity index (χ1) is 5.83. The van der Waals surface area contributed by atoms with Gasteiger partial charge in [-0.2, -0.15) is 0 Å². The quantitative estimate of drug-likeness (QED) is 0.643. The summed E-state index contributed by atoms with van der Waals surface area (Å²) in [6.07, 6.45) is 6.36. The number of aromatic amines is 1. The molecule has 64 valence electrons. The second kappa shape index (κ2) is 4.33. The van der Waals surface area contributed by atoms with Crippen molar-refractivity contribution in [3.63, 3.8) is 0 Å². The molecule has 0 fully saturated rings. The summed E-state index contributed by atoms with van der Waals surface area (Å²) in [5, 5.41) is 2.65. The van der Waals surface area contributed by atoms with Crippen molar-refractivity contribution < 1.29 is 4.79 Å². The number of carbonyl (C=O) groups excluding carboxylic acids is 1. The van der Waals surface area contributed by atoms with Gasteiger partial charge in [0.15, 0.2) is 0 Å². The number of aromatic nitrogens is 2. The van der Waals surface area contributed by atoms with Crippen LogP contribution in [0.4, 0.5) is 0 Å². The lowest BCUT2D eigenvalue weighted by Gasteiger charge is -1.92. The van der Waals surface area contributed by atoms with Crippen LogP contribution in [-0.4, -0.2) is 22.4 Å². The van der Waals surface area contributed by atoms with E-state index >= 15 is 0 Å². The highest BCUT2D eigenvalue weighted by Crippen LogP contribution is 1.93. The maximum Gasteiger partial charge on any atom is 0.244 e. The smallest absolute Gasteiger partial charge is 0.244 e. The van der Waals surface area contributed by atoms with E-state index in [9.17, 15) is 4.79 Å². The van der Waals surface area contributed by atoms with Crippen molar-refractivity contribution in [2.75, 3.05) is 6.54 Å². The number of hydrogen-bond donors (Lipinski definition) is 2. The summed E-state index contributed by atoms with van der Waals surface area (Å²) in [5.41, 5.74) is 0.821. The van der Waals surface area contributed by atoms with Crippen LogP contribution in [0, 0.1) is 0 Å². The van der Waals surface area contributed by atoms with Crippen molar-refractivity contribution in [1.29, 1.82) is 0 Å². The summed E-state index contributed by atoms with van der Waals surface area (Å²) in [6.45, 7) is 2.52. The molecule has 1 aromatic heterocycles. The summed E-state index contributed by atoms with van der Waals surface area (Å²) >= 11 is 0. The van der Waals surface area contributed by atoms with Crippen molar-refractivity contribution in [3.8, 4) is 0 Å². The van der Waals surface area contributed by atoms with Crippen molar-refractivity contribution in [2.24, 2.45) is 0 Å². The summed E-state index contributed by atoms with van der Waals surface area (Å²) in [6, 6.07) is 0. The summed E-state index contributed by atoms with van der Waals surface area (Å²) < 4.78 is 0. The standard InChI is InChI=1S/C8H11N3O/c1-2-10-8(12)4-3-7-5-9-6-11-7/h3-6H,2H2,1H3,(H,9,11)(H,10,12).